The van der Waals surface area contributed by atoms with Gasteiger partial charge in [-0.2, -0.15) is 0 Å². The highest BCUT2D eigenvalue weighted by molar-refractivity contribution is 5.99. The van der Waals surface area contributed by atoms with Crippen molar-refractivity contribution in [3.8, 4) is 0 Å². The smallest absolute Gasteiger partial charge is 0.244 e. The molecular weight excluding hydrogens is 300 g/mol. The fourth-order valence-corrected chi connectivity index (χ4v) is 3.36. The maximum absolute atomic E-state index is 12.9. The summed E-state index contributed by atoms with van der Waals surface area (Å²) in [5, 5.41) is 0. The fraction of sp³-hybridized carbons (Fsp3) is 0.263. The lowest BCUT2D eigenvalue weighted by Gasteiger charge is -2.26. The number of fused-ring (bicyclic) bond motifs is 2. The minimum absolute atomic E-state index is 0.0482. The van der Waals surface area contributed by atoms with Gasteiger partial charge in [-0.25, -0.2) is 4.98 Å². The van der Waals surface area contributed by atoms with Crippen molar-refractivity contribution in [1.29, 1.82) is 0 Å². The normalized spacial score (nSPS) is 17.9. The van der Waals surface area contributed by atoms with E-state index in [1.807, 2.05) is 54.3 Å². The van der Waals surface area contributed by atoms with Gasteiger partial charge < -0.3 is 10.7 Å². The molecule has 0 spiro atoms. The van der Waals surface area contributed by atoms with Crippen molar-refractivity contribution in [3.63, 3.8) is 0 Å². The molecular formula is C19H20N4O. The summed E-state index contributed by atoms with van der Waals surface area (Å²) in [5.74, 6) is 0.761. The van der Waals surface area contributed by atoms with Crippen LogP contribution in [-0.4, -0.2) is 21.9 Å². The summed E-state index contributed by atoms with van der Waals surface area (Å²) in [6, 6.07) is 15.3. The molecule has 5 heteroatoms. The number of carbonyl (C=O) groups excluding carboxylic acids is 1. The molecule has 0 saturated heterocycles. The Bertz CT molecular complexity index is 868. The number of hydrogen-bond acceptors (Lipinski definition) is 3. The van der Waals surface area contributed by atoms with E-state index in [0.717, 1.165) is 34.5 Å². The number of amides is 1. The van der Waals surface area contributed by atoms with Gasteiger partial charge in [0, 0.05) is 12.1 Å². The first-order valence-corrected chi connectivity index (χ1v) is 8.30. The van der Waals surface area contributed by atoms with Crippen LogP contribution in [0.1, 0.15) is 30.8 Å². The second-order valence-electron chi connectivity index (χ2n) is 6.21. The van der Waals surface area contributed by atoms with Crippen LogP contribution in [0.4, 0.5) is 5.69 Å². The molecule has 122 valence electrons. The van der Waals surface area contributed by atoms with E-state index in [1.54, 1.807) is 0 Å². The SMILES string of the molecule is CCC(N)C(=O)N1c2ccccc2C[C@H]1c1nc2ccccc2[nH]1. The predicted molar refractivity (Wildman–Crippen MR) is 94.7 cm³/mol. The summed E-state index contributed by atoms with van der Waals surface area (Å²) in [4.78, 5) is 22.8. The molecule has 3 aromatic rings. The third-order valence-electron chi connectivity index (χ3n) is 4.69. The van der Waals surface area contributed by atoms with E-state index in [0.29, 0.717) is 6.42 Å². The molecule has 1 aliphatic rings. The number of H-pyrrole nitrogens is 1. The number of nitrogens with zero attached hydrogens (tertiary/aromatic N) is 2. The van der Waals surface area contributed by atoms with Crippen molar-refractivity contribution in [3.05, 3.63) is 59.9 Å². The molecule has 1 aliphatic heterocycles. The van der Waals surface area contributed by atoms with Crippen molar-refractivity contribution in [1.82, 2.24) is 9.97 Å². The standard InChI is InChI=1S/C19H20N4O/c1-2-13(20)19(24)23-16-10-6-3-7-12(16)11-17(23)18-21-14-8-4-5-9-15(14)22-18/h3-10,13,17H,2,11,20H2,1H3,(H,21,22)/t13?,17-/m0/s1. The van der Waals surface area contributed by atoms with E-state index in [1.165, 1.54) is 0 Å². The number of nitrogens with one attached hydrogen (secondary N) is 1. The number of nitrogens with two attached hydrogens (primary N) is 1. The Morgan fingerprint density at radius 2 is 2.04 bits per heavy atom. The van der Waals surface area contributed by atoms with Crippen LogP contribution in [0.2, 0.25) is 0 Å². The maximum atomic E-state index is 12.9. The maximum Gasteiger partial charge on any atom is 0.244 e. The first-order valence-electron chi connectivity index (χ1n) is 8.30. The van der Waals surface area contributed by atoms with Crippen molar-refractivity contribution in [2.24, 2.45) is 5.73 Å². The monoisotopic (exact) mass is 320 g/mol. The molecule has 2 aromatic carbocycles. The molecule has 3 N–H and O–H groups in total. The van der Waals surface area contributed by atoms with E-state index in [4.69, 9.17) is 10.7 Å². The van der Waals surface area contributed by atoms with Crippen molar-refractivity contribution >= 4 is 22.6 Å². The summed E-state index contributed by atoms with van der Waals surface area (Å²) in [5.41, 5.74) is 10.0. The van der Waals surface area contributed by atoms with Crippen LogP contribution in [0.15, 0.2) is 48.5 Å². The largest absolute Gasteiger partial charge is 0.340 e. The number of anilines is 1. The summed E-state index contributed by atoms with van der Waals surface area (Å²) in [6.45, 7) is 1.93. The lowest BCUT2D eigenvalue weighted by atomic mass is 10.1. The van der Waals surface area contributed by atoms with Gasteiger partial charge in [-0.05, 0) is 30.2 Å². The van der Waals surface area contributed by atoms with Crippen LogP contribution in [0.5, 0.6) is 0 Å². The molecule has 0 saturated carbocycles. The van der Waals surface area contributed by atoms with E-state index < -0.39 is 6.04 Å². The van der Waals surface area contributed by atoms with Crippen LogP contribution in [0.3, 0.4) is 0 Å². The second-order valence-corrected chi connectivity index (χ2v) is 6.21. The van der Waals surface area contributed by atoms with E-state index in [9.17, 15) is 4.79 Å². The number of aromatic nitrogens is 2. The molecule has 4 rings (SSSR count). The Kier molecular flexibility index (Phi) is 3.58. The van der Waals surface area contributed by atoms with Gasteiger partial charge in [-0.3, -0.25) is 9.69 Å². The van der Waals surface area contributed by atoms with E-state index in [2.05, 4.69) is 11.1 Å². The van der Waals surface area contributed by atoms with Gasteiger partial charge in [0.15, 0.2) is 0 Å². The molecule has 0 aliphatic carbocycles. The molecule has 1 amide bonds. The van der Waals surface area contributed by atoms with Crippen molar-refractivity contribution in [2.75, 3.05) is 4.90 Å². The summed E-state index contributed by atoms with van der Waals surface area (Å²) in [6.07, 6.45) is 1.36. The molecule has 0 radical (unpaired) electrons. The quantitative estimate of drug-likeness (QED) is 0.779. The van der Waals surface area contributed by atoms with E-state index in [-0.39, 0.29) is 11.9 Å². The topological polar surface area (TPSA) is 75.0 Å². The van der Waals surface area contributed by atoms with Crippen LogP contribution >= 0.6 is 0 Å². The zero-order valence-electron chi connectivity index (χ0n) is 13.6. The summed E-state index contributed by atoms with van der Waals surface area (Å²) < 4.78 is 0. The van der Waals surface area contributed by atoms with Crippen molar-refractivity contribution < 1.29 is 4.79 Å². The van der Waals surface area contributed by atoms with Gasteiger partial charge in [0.1, 0.15) is 5.82 Å². The first-order chi connectivity index (χ1) is 11.7. The molecule has 0 bridgehead atoms. The Balaban J connectivity index is 1.80. The number of hydrogen-bond donors (Lipinski definition) is 2. The van der Waals surface area contributed by atoms with Crippen LogP contribution in [0, 0.1) is 0 Å². The van der Waals surface area contributed by atoms with Gasteiger partial charge in [0.25, 0.3) is 0 Å². The number of para-hydroxylation sites is 3. The van der Waals surface area contributed by atoms with Gasteiger partial charge >= 0.3 is 0 Å². The minimum Gasteiger partial charge on any atom is -0.340 e. The van der Waals surface area contributed by atoms with Crippen LogP contribution in [0.25, 0.3) is 11.0 Å². The Morgan fingerprint density at radius 1 is 1.29 bits per heavy atom. The van der Waals surface area contributed by atoms with Gasteiger partial charge in [-0.15, -0.1) is 0 Å². The van der Waals surface area contributed by atoms with Gasteiger partial charge in [0.05, 0.1) is 23.1 Å². The Hall–Kier alpha value is -2.66. The molecule has 2 heterocycles. The number of rotatable bonds is 3. The summed E-state index contributed by atoms with van der Waals surface area (Å²) in [7, 11) is 0. The summed E-state index contributed by atoms with van der Waals surface area (Å²) >= 11 is 0. The lowest BCUT2D eigenvalue weighted by Crippen LogP contribution is -2.44. The highest BCUT2D eigenvalue weighted by Crippen LogP contribution is 2.40. The number of benzene rings is 2. The average Bonchev–Trinajstić information content (AvgIpc) is 3.21. The second kappa shape index (κ2) is 5.76. The Labute approximate surface area is 140 Å². The van der Waals surface area contributed by atoms with Crippen molar-refractivity contribution in [2.45, 2.75) is 31.8 Å². The zero-order valence-corrected chi connectivity index (χ0v) is 13.6. The van der Waals surface area contributed by atoms with E-state index >= 15 is 0 Å². The zero-order chi connectivity index (χ0) is 16.7. The molecule has 0 fully saturated rings. The van der Waals surface area contributed by atoms with Gasteiger partial charge in [0.2, 0.25) is 5.91 Å². The Morgan fingerprint density at radius 3 is 2.83 bits per heavy atom. The highest BCUT2D eigenvalue weighted by atomic mass is 16.2. The predicted octanol–water partition coefficient (Wildman–Crippen LogP) is 2.93. The third kappa shape index (κ3) is 2.29. The highest BCUT2D eigenvalue weighted by Gasteiger charge is 2.37. The van der Waals surface area contributed by atoms with Crippen LogP contribution in [-0.2, 0) is 11.2 Å². The fourth-order valence-electron chi connectivity index (χ4n) is 3.36. The molecule has 1 aromatic heterocycles. The van der Waals surface area contributed by atoms with Crippen LogP contribution < -0.4 is 10.6 Å². The van der Waals surface area contributed by atoms with Gasteiger partial charge in [-0.1, -0.05) is 37.3 Å². The lowest BCUT2D eigenvalue weighted by molar-refractivity contribution is -0.120. The number of carbonyl (C=O) groups is 1. The number of imidazole rings is 1. The molecule has 5 nitrogen and oxygen atoms in total. The third-order valence-corrected chi connectivity index (χ3v) is 4.69. The average molecular weight is 320 g/mol. The minimum atomic E-state index is -0.497. The molecule has 1 unspecified atom stereocenters. The molecule has 24 heavy (non-hydrogen) atoms. The molecule has 2 atom stereocenters. The number of aromatic amines is 1. The first kappa shape index (κ1) is 14.9.